The number of amidine groups is 1. The highest BCUT2D eigenvalue weighted by molar-refractivity contribution is 8.15. The van der Waals surface area contributed by atoms with Gasteiger partial charge >= 0.3 is 0 Å². The highest BCUT2D eigenvalue weighted by Crippen LogP contribution is 2.33. The van der Waals surface area contributed by atoms with E-state index in [0.29, 0.717) is 37.8 Å². The number of nitrogens with one attached hydrogen (secondary N) is 1. The molecule has 3 aliphatic rings. The van der Waals surface area contributed by atoms with Crippen LogP contribution in [0.3, 0.4) is 0 Å². The van der Waals surface area contributed by atoms with Gasteiger partial charge in [-0.1, -0.05) is 17.8 Å². The van der Waals surface area contributed by atoms with Crippen LogP contribution >= 0.6 is 11.8 Å². The van der Waals surface area contributed by atoms with Gasteiger partial charge in [0.25, 0.3) is 5.69 Å². The van der Waals surface area contributed by atoms with Crippen LogP contribution in [-0.4, -0.2) is 70.7 Å². The maximum absolute atomic E-state index is 13.2. The molecule has 1 atom stereocenters. The van der Waals surface area contributed by atoms with Gasteiger partial charge in [0.05, 0.1) is 4.92 Å². The van der Waals surface area contributed by atoms with Crippen LogP contribution < -0.4 is 19.7 Å². The molecule has 2 saturated heterocycles. The van der Waals surface area contributed by atoms with E-state index >= 15 is 0 Å². The zero-order valence-corrected chi connectivity index (χ0v) is 22.2. The summed E-state index contributed by atoms with van der Waals surface area (Å²) in [5.74, 6) is 1.13. The Kier molecular flexibility index (Phi) is 7.96. The molecule has 2 aromatic rings. The first-order chi connectivity index (χ1) is 18.9. The molecule has 5 rings (SSSR count). The highest BCUT2D eigenvalue weighted by atomic mass is 32.2. The first-order valence-electron chi connectivity index (χ1n) is 12.6. The van der Waals surface area contributed by atoms with E-state index in [1.54, 1.807) is 17.0 Å². The summed E-state index contributed by atoms with van der Waals surface area (Å²) >= 11 is 1.22. The minimum atomic E-state index is -0.562. The second-order valence-electron chi connectivity index (χ2n) is 9.37. The van der Waals surface area contributed by atoms with Gasteiger partial charge in [-0.3, -0.25) is 19.7 Å². The summed E-state index contributed by atoms with van der Waals surface area (Å²) in [6.07, 6.45) is 1.51. The van der Waals surface area contributed by atoms with E-state index in [2.05, 4.69) is 20.4 Å². The number of rotatable bonds is 7. The Bertz CT molecular complexity index is 1320. The molecule has 13 heteroatoms. The molecule has 0 radical (unpaired) electrons. The number of thioether (sulfide) groups is 1. The summed E-state index contributed by atoms with van der Waals surface area (Å²) < 4.78 is 10.8. The summed E-state index contributed by atoms with van der Waals surface area (Å²) in [4.78, 5) is 39.8. The number of nitro groups is 1. The number of non-ortho nitro benzene ring substituents is 1. The second-order valence-corrected chi connectivity index (χ2v) is 10.6. The SMILES string of the molecule is CC(CCc1ccc2c(c1)OCO2)=NN=C1NC(=O)CC(C(=O)N2CCN(c3ccc([N+](=O)[O-])cc3)CC2)S1. The quantitative estimate of drug-likeness (QED) is 0.314. The third-order valence-electron chi connectivity index (χ3n) is 6.69. The number of ether oxygens (including phenoxy) is 2. The van der Waals surface area contributed by atoms with Crippen molar-refractivity contribution >= 4 is 45.8 Å². The molecule has 2 amide bonds. The predicted molar refractivity (Wildman–Crippen MR) is 147 cm³/mol. The molecule has 0 bridgehead atoms. The number of benzene rings is 2. The number of anilines is 1. The van der Waals surface area contributed by atoms with Crippen LogP contribution in [0, 0.1) is 10.1 Å². The Morgan fingerprint density at radius 2 is 1.87 bits per heavy atom. The lowest BCUT2D eigenvalue weighted by Crippen LogP contribution is -2.53. The van der Waals surface area contributed by atoms with Gasteiger partial charge in [0.2, 0.25) is 18.6 Å². The van der Waals surface area contributed by atoms with Gasteiger partial charge in [-0.25, -0.2) is 0 Å². The summed E-state index contributed by atoms with van der Waals surface area (Å²) in [5.41, 5.74) is 2.81. The van der Waals surface area contributed by atoms with Crippen LogP contribution in [0.1, 0.15) is 25.3 Å². The number of hydrogen-bond donors (Lipinski definition) is 1. The molecule has 2 fully saturated rings. The standard InChI is InChI=1S/C26H28N6O6S/c1-17(2-3-18-4-9-21-22(14-18)38-16-37-21)28-29-26-27-24(33)15-23(39-26)25(34)31-12-10-30(11-13-31)19-5-7-20(8-6-19)32(35)36/h4-9,14,23H,2-3,10-13,15-16H2,1H3,(H,27,29,33). The fourth-order valence-corrected chi connectivity index (χ4v) is 5.52. The number of carbonyl (C=O) groups is 2. The van der Waals surface area contributed by atoms with Gasteiger partial charge in [-0.15, -0.1) is 5.10 Å². The van der Waals surface area contributed by atoms with Crippen molar-refractivity contribution in [1.29, 1.82) is 0 Å². The molecular formula is C26H28N6O6S. The van der Waals surface area contributed by atoms with Crippen molar-refractivity contribution < 1.29 is 24.0 Å². The fourth-order valence-electron chi connectivity index (χ4n) is 4.51. The van der Waals surface area contributed by atoms with E-state index in [9.17, 15) is 19.7 Å². The topological polar surface area (TPSA) is 139 Å². The molecule has 204 valence electrons. The number of nitro benzene ring substituents is 1. The normalized spacial score (nSPS) is 20.2. The summed E-state index contributed by atoms with van der Waals surface area (Å²) in [6.45, 7) is 4.31. The van der Waals surface area contributed by atoms with Crippen molar-refractivity contribution in [3.8, 4) is 11.5 Å². The molecule has 0 saturated carbocycles. The predicted octanol–water partition coefficient (Wildman–Crippen LogP) is 2.96. The van der Waals surface area contributed by atoms with E-state index in [1.165, 1.54) is 23.9 Å². The lowest BCUT2D eigenvalue weighted by Gasteiger charge is -2.37. The molecule has 1 N–H and O–H groups in total. The molecule has 0 aliphatic carbocycles. The van der Waals surface area contributed by atoms with Crippen LogP contribution in [0.5, 0.6) is 11.5 Å². The largest absolute Gasteiger partial charge is 0.454 e. The average Bonchev–Trinajstić information content (AvgIpc) is 3.42. The van der Waals surface area contributed by atoms with E-state index in [1.807, 2.05) is 25.1 Å². The minimum Gasteiger partial charge on any atom is -0.454 e. The number of fused-ring (bicyclic) bond motifs is 1. The number of aryl methyl sites for hydroxylation is 1. The van der Waals surface area contributed by atoms with Gasteiger partial charge in [0, 0.05) is 56.1 Å². The Labute approximate surface area is 229 Å². The van der Waals surface area contributed by atoms with E-state index in [4.69, 9.17) is 9.47 Å². The second kappa shape index (κ2) is 11.7. The molecule has 0 spiro atoms. The number of piperazine rings is 1. The van der Waals surface area contributed by atoms with Gasteiger partial charge in [-0.05, 0) is 49.6 Å². The highest BCUT2D eigenvalue weighted by Gasteiger charge is 2.34. The van der Waals surface area contributed by atoms with Crippen molar-refractivity contribution in [2.24, 2.45) is 10.2 Å². The number of amides is 2. The third-order valence-corrected chi connectivity index (χ3v) is 7.75. The Balaban J connectivity index is 1.13. The number of hydrogen-bond acceptors (Lipinski definition) is 10. The zero-order valence-electron chi connectivity index (χ0n) is 21.4. The molecule has 3 aliphatic heterocycles. The first kappa shape index (κ1) is 26.5. The van der Waals surface area contributed by atoms with Gasteiger partial charge < -0.3 is 24.6 Å². The van der Waals surface area contributed by atoms with Crippen molar-refractivity contribution in [3.05, 3.63) is 58.1 Å². The van der Waals surface area contributed by atoms with Gasteiger partial charge in [0.15, 0.2) is 16.7 Å². The molecule has 12 nitrogen and oxygen atoms in total. The lowest BCUT2D eigenvalue weighted by molar-refractivity contribution is -0.384. The maximum atomic E-state index is 13.2. The fraction of sp³-hybridized carbons (Fsp3) is 0.385. The molecule has 2 aromatic carbocycles. The molecule has 39 heavy (non-hydrogen) atoms. The van der Waals surface area contributed by atoms with E-state index < -0.39 is 10.2 Å². The van der Waals surface area contributed by atoms with Gasteiger partial charge in [0.1, 0.15) is 5.25 Å². The Hall–Kier alpha value is -4.13. The van der Waals surface area contributed by atoms with Crippen LogP contribution in [-0.2, 0) is 16.0 Å². The first-order valence-corrected chi connectivity index (χ1v) is 13.5. The molecule has 1 unspecified atom stereocenters. The monoisotopic (exact) mass is 552 g/mol. The van der Waals surface area contributed by atoms with Crippen LogP contribution in [0.4, 0.5) is 11.4 Å². The van der Waals surface area contributed by atoms with Crippen LogP contribution in [0.15, 0.2) is 52.7 Å². The van der Waals surface area contributed by atoms with Crippen molar-refractivity contribution in [3.63, 3.8) is 0 Å². The molecule has 3 heterocycles. The van der Waals surface area contributed by atoms with Crippen molar-refractivity contribution in [1.82, 2.24) is 10.2 Å². The molecule has 0 aromatic heterocycles. The molecular weight excluding hydrogens is 524 g/mol. The van der Waals surface area contributed by atoms with E-state index in [0.717, 1.165) is 34.9 Å². The van der Waals surface area contributed by atoms with E-state index in [-0.39, 0.29) is 30.7 Å². The van der Waals surface area contributed by atoms with Gasteiger partial charge in [-0.2, -0.15) is 5.10 Å². The lowest BCUT2D eigenvalue weighted by atomic mass is 10.1. The zero-order chi connectivity index (χ0) is 27.4. The average molecular weight is 553 g/mol. The summed E-state index contributed by atoms with van der Waals surface area (Å²) in [6, 6.07) is 12.2. The van der Waals surface area contributed by atoms with Crippen molar-refractivity contribution in [2.45, 2.75) is 31.4 Å². The Morgan fingerprint density at radius 3 is 2.62 bits per heavy atom. The minimum absolute atomic E-state index is 0.0434. The Morgan fingerprint density at radius 1 is 1.13 bits per heavy atom. The summed E-state index contributed by atoms with van der Waals surface area (Å²) in [5, 5.41) is 21.8. The number of nitrogens with zero attached hydrogens (tertiary/aromatic N) is 5. The maximum Gasteiger partial charge on any atom is 0.269 e. The van der Waals surface area contributed by atoms with Crippen molar-refractivity contribution in [2.75, 3.05) is 37.9 Å². The smallest absolute Gasteiger partial charge is 0.269 e. The summed E-state index contributed by atoms with van der Waals surface area (Å²) in [7, 11) is 0. The number of carbonyl (C=O) groups excluding carboxylic acids is 2. The third kappa shape index (κ3) is 6.48. The van der Waals surface area contributed by atoms with Crippen LogP contribution in [0.25, 0.3) is 0 Å². The van der Waals surface area contributed by atoms with Crippen LogP contribution in [0.2, 0.25) is 0 Å².